The Kier molecular flexibility index (Phi) is 1.01. The molecule has 0 aliphatic heterocycles. The van der Waals surface area contributed by atoms with Crippen molar-refractivity contribution >= 4 is 0 Å². The van der Waals surface area contributed by atoms with Crippen LogP contribution in [0.4, 0.5) is 0 Å². The lowest BCUT2D eigenvalue weighted by atomic mass is 10.2. The van der Waals surface area contributed by atoms with Crippen LogP contribution in [0.15, 0.2) is 18.5 Å². The predicted molar refractivity (Wildman–Crippen MR) is 36.0 cm³/mol. The summed E-state index contributed by atoms with van der Waals surface area (Å²) in [7, 11) is 0. The van der Waals surface area contributed by atoms with Crippen molar-refractivity contribution in [2.75, 3.05) is 0 Å². The average molecular weight is 118 g/mol. The second-order valence-corrected chi connectivity index (χ2v) is 2.32. The molecule has 1 heterocycles. The monoisotopic (exact) mass is 118 g/mol. The minimum atomic E-state index is 1.20. The molecule has 1 nitrogen and oxygen atoms in total. The molecule has 0 N–H and O–H groups in total. The maximum Gasteiger partial charge on any atom is 0.0305 e. The molecule has 45 valence electrons. The molecule has 0 saturated carbocycles. The molecule has 1 heteroatoms. The van der Waals surface area contributed by atoms with Gasteiger partial charge in [-0.2, -0.15) is 0 Å². The third kappa shape index (κ3) is 0.727. The summed E-state index contributed by atoms with van der Waals surface area (Å²) in [6.45, 7) is 0. The highest BCUT2D eigenvalue weighted by Gasteiger charge is 2.08. The van der Waals surface area contributed by atoms with Gasteiger partial charge >= 0.3 is 0 Å². The van der Waals surface area contributed by atoms with Crippen LogP contribution in [0.3, 0.4) is 0 Å². The third-order valence-corrected chi connectivity index (χ3v) is 1.72. The molecule has 0 spiro atoms. The van der Waals surface area contributed by atoms with Crippen molar-refractivity contribution < 1.29 is 0 Å². The van der Waals surface area contributed by atoms with E-state index in [1.165, 1.54) is 24.0 Å². The Morgan fingerprint density at radius 3 is 3.33 bits per heavy atom. The smallest absolute Gasteiger partial charge is 0.0305 e. The van der Waals surface area contributed by atoms with Crippen LogP contribution in [0, 0.1) is 6.42 Å². The fourth-order valence-corrected chi connectivity index (χ4v) is 1.23. The first kappa shape index (κ1) is 4.98. The standard InChI is InChI=1S/C8H8N/c1-2-7-4-5-9-6-8(7)3-1/h3-6H,1-2H2. The number of fused-ring (bicyclic) bond motifs is 1. The Hall–Kier alpha value is -0.850. The Balaban J connectivity index is 2.54. The van der Waals surface area contributed by atoms with E-state index in [0.29, 0.717) is 0 Å². The van der Waals surface area contributed by atoms with E-state index in [2.05, 4.69) is 17.5 Å². The van der Waals surface area contributed by atoms with Crippen molar-refractivity contribution in [3.63, 3.8) is 0 Å². The second-order valence-electron chi connectivity index (χ2n) is 2.32. The van der Waals surface area contributed by atoms with E-state index < -0.39 is 0 Å². The maximum absolute atomic E-state index is 4.03. The Bertz CT molecular complexity index is 195. The minimum Gasteiger partial charge on any atom is -0.264 e. The van der Waals surface area contributed by atoms with Crippen LogP contribution in [0.25, 0.3) is 0 Å². The van der Waals surface area contributed by atoms with E-state index in [1.807, 2.05) is 12.4 Å². The SMILES string of the molecule is [CH]1CCc2ccncc21. The van der Waals surface area contributed by atoms with E-state index in [4.69, 9.17) is 0 Å². The van der Waals surface area contributed by atoms with Gasteiger partial charge in [-0.15, -0.1) is 0 Å². The van der Waals surface area contributed by atoms with Crippen LogP contribution in [-0.4, -0.2) is 4.98 Å². The van der Waals surface area contributed by atoms with Gasteiger partial charge in [0.25, 0.3) is 0 Å². The van der Waals surface area contributed by atoms with Gasteiger partial charge in [-0.05, 0) is 36.5 Å². The van der Waals surface area contributed by atoms with Gasteiger partial charge in [0.15, 0.2) is 0 Å². The molecule has 1 aromatic heterocycles. The predicted octanol–water partition coefficient (Wildman–Crippen LogP) is 1.58. The van der Waals surface area contributed by atoms with Crippen LogP contribution in [0.1, 0.15) is 17.5 Å². The number of aryl methyl sites for hydroxylation is 1. The molecule has 0 saturated heterocycles. The van der Waals surface area contributed by atoms with Crippen molar-refractivity contribution in [2.24, 2.45) is 0 Å². The molecule has 1 aliphatic carbocycles. The lowest BCUT2D eigenvalue weighted by molar-refractivity contribution is 1.03. The Morgan fingerprint density at radius 2 is 2.44 bits per heavy atom. The van der Waals surface area contributed by atoms with Gasteiger partial charge in [0.1, 0.15) is 0 Å². The molecule has 0 bridgehead atoms. The first-order valence-electron chi connectivity index (χ1n) is 3.23. The molecule has 0 amide bonds. The van der Waals surface area contributed by atoms with Gasteiger partial charge in [-0.25, -0.2) is 0 Å². The maximum atomic E-state index is 4.03. The van der Waals surface area contributed by atoms with E-state index in [9.17, 15) is 0 Å². The zero-order chi connectivity index (χ0) is 6.10. The van der Waals surface area contributed by atoms with Crippen molar-refractivity contribution in [1.82, 2.24) is 4.98 Å². The fourth-order valence-electron chi connectivity index (χ4n) is 1.23. The summed E-state index contributed by atoms with van der Waals surface area (Å²) in [6.07, 6.45) is 8.43. The summed E-state index contributed by atoms with van der Waals surface area (Å²) in [5, 5.41) is 0. The molecular weight excluding hydrogens is 110 g/mol. The molecule has 0 atom stereocenters. The lowest BCUT2D eigenvalue weighted by Crippen LogP contribution is -1.79. The zero-order valence-corrected chi connectivity index (χ0v) is 5.17. The summed E-state index contributed by atoms with van der Waals surface area (Å²) >= 11 is 0. The summed E-state index contributed by atoms with van der Waals surface area (Å²) < 4.78 is 0. The Labute approximate surface area is 54.7 Å². The molecule has 0 fully saturated rings. The quantitative estimate of drug-likeness (QED) is 0.504. The highest BCUT2D eigenvalue weighted by molar-refractivity contribution is 5.34. The number of aromatic nitrogens is 1. The number of hydrogen-bond acceptors (Lipinski definition) is 1. The normalized spacial score (nSPS) is 15.6. The zero-order valence-electron chi connectivity index (χ0n) is 5.17. The lowest BCUT2D eigenvalue weighted by Gasteiger charge is -1.92. The molecule has 1 aromatic rings. The van der Waals surface area contributed by atoms with Crippen molar-refractivity contribution in [1.29, 1.82) is 0 Å². The van der Waals surface area contributed by atoms with Gasteiger partial charge in [-0.1, -0.05) is 0 Å². The third-order valence-electron chi connectivity index (χ3n) is 1.72. The van der Waals surface area contributed by atoms with Gasteiger partial charge in [-0.3, -0.25) is 4.98 Å². The highest BCUT2D eigenvalue weighted by Crippen LogP contribution is 2.20. The first-order chi connectivity index (χ1) is 4.47. The number of rotatable bonds is 0. The first-order valence-corrected chi connectivity index (χ1v) is 3.23. The van der Waals surface area contributed by atoms with Crippen molar-refractivity contribution in [3.05, 3.63) is 36.0 Å². The van der Waals surface area contributed by atoms with Crippen molar-refractivity contribution in [3.8, 4) is 0 Å². The molecule has 0 unspecified atom stereocenters. The summed E-state index contributed by atoms with van der Waals surface area (Å²) in [5.41, 5.74) is 2.78. The Morgan fingerprint density at radius 1 is 1.44 bits per heavy atom. The number of hydrogen-bond donors (Lipinski definition) is 0. The molecular formula is C8H8N. The van der Waals surface area contributed by atoms with Gasteiger partial charge in [0.05, 0.1) is 0 Å². The summed E-state index contributed by atoms with van der Waals surface area (Å²) in [5.74, 6) is 0. The number of nitrogens with zero attached hydrogens (tertiary/aromatic N) is 1. The molecule has 1 aliphatic rings. The van der Waals surface area contributed by atoms with Crippen LogP contribution in [0.5, 0.6) is 0 Å². The molecule has 2 rings (SSSR count). The van der Waals surface area contributed by atoms with Crippen LogP contribution in [-0.2, 0) is 6.42 Å². The van der Waals surface area contributed by atoms with Crippen LogP contribution in [0.2, 0.25) is 0 Å². The summed E-state index contributed by atoms with van der Waals surface area (Å²) in [6, 6.07) is 2.10. The molecule has 0 aromatic carbocycles. The van der Waals surface area contributed by atoms with E-state index in [-0.39, 0.29) is 0 Å². The van der Waals surface area contributed by atoms with E-state index >= 15 is 0 Å². The van der Waals surface area contributed by atoms with E-state index in [1.54, 1.807) is 0 Å². The second kappa shape index (κ2) is 1.83. The van der Waals surface area contributed by atoms with Gasteiger partial charge in [0, 0.05) is 12.4 Å². The van der Waals surface area contributed by atoms with Crippen LogP contribution >= 0.6 is 0 Å². The van der Waals surface area contributed by atoms with Crippen molar-refractivity contribution in [2.45, 2.75) is 12.8 Å². The number of pyridine rings is 1. The van der Waals surface area contributed by atoms with Crippen LogP contribution < -0.4 is 0 Å². The average Bonchev–Trinajstić information content (AvgIpc) is 2.33. The molecule has 9 heavy (non-hydrogen) atoms. The highest BCUT2D eigenvalue weighted by atomic mass is 14.6. The van der Waals surface area contributed by atoms with Gasteiger partial charge in [0.2, 0.25) is 0 Å². The van der Waals surface area contributed by atoms with Gasteiger partial charge < -0.3 is 0 Å². The molecule has 1 radical (unpaired) electrons. The largest absolute Gasteiger partial charge is 0.264 e. The topological polar surface area (TPSA) is 12.9 Å². The fraction of sp³-hybridized carbons (Fsp3) is 0.250. The minimum absolute atomic E-state index is 1.20. The van der Waals surface area contributed by atoms with E-state index in [0.717, 1.165) is 0 Å². The summed E-state index contributed by atoms with van der Waals surface area (Å²) in [4.78, 5) is 4.03.